The number of nitrogens with one attached hydrogen (secondary N) is 1. The van der Waals surface area contributed by atoms with E-state index in [1.165, 1.54) is 31.6 Å². The van der Waals surface area contributed by atoms with Crippen molar-refractivity contribution < 1.29 is 19.0 Å². The van der Waals surface area contributed by atoms with Crippen LogP contribution >= 0.6 is 0 Å². The molecule has 6 heteroatoms. The van der Waals surface area contributed by atoms with Crippen molar-refractivity contribution in [2.24, 2.45) is 0 Å². The number of methoxy groups -OCH3 is 1. The second-order valence-corrected chi connectivity index (χ2v) is 3.28. The summed E-state index contributed by atoms with van der Waals surface area (Å²) in [6, 6.07) is 3.84. The molecule has 0 aliphatic heterocycles. The number of carboxylic acid groups (broad SMARTS) is 1. The van der Waals surface area contributed by atoms with E-state index in [4.69, 9.17) is 9.84 Å². The van der Waals surface area contributed by atoms with Gasteiger partial charge in [0.15, 0.2) is 5.69 Å². The molecule has 0 atom stereocenters. The van der Waals surface area contributed by atoms with E-state index in [0.717, 1.165) is 0 Å². The number of hydrogen-bond donors (Lipinski definition) is 2. The molecular formula is C11H9FN2O3. The van der Waals surface area contributed by atoms with Gasteiger partial charge in [0, 0.05) is 5.56 Å². The molecule has 0 saturated heterocycles. The second-order valence-electron chi connectivity index (χ2n) is 3.28. The molecule has 0 unspecified atom stereocenters. The Balaban J connectivity index is 2.63. The number of rotatable bonds is 3. The predicted molar refractivity (Wildman–Crippen MR) is 57.5 cm³/mol. The van der Waals surface area contributed by atoms with Crippen LogP contribution in [0.2, 0.25) is 0 Å². The number of imidazole rings is 1. The lowest BCUT2D eigenvalue weighted by Crippen LogP contribution is -2.00. The van der Waals surface area contributed by atoms with Crippen LogP contribution in [0.25, 0.3) is 11.3 Å². The number of ether oxygens (including phenoxy) is 1. The first-order valence-electron chi connectivity index (χ1n) is 4.74. The van der Waals surface area contributed by atoms with E-state index in [0.29, 0.717) is 11.3 Å². The van der Waals surface area contributed by atoms with Crippen molar-refractivity contribution >= 4 is 5.97 Å². The van der Waals surface area contributed by atoms with Gasteiger partial charge in [0.25, 0.3) is 0 Å². The van der Waals surface area contributed by atoms with Gasteiger partial charge in [-0.05, 0) is 18.2 Å². The number of halogens is 1. The van der Waals surface area contributed by atoms with Gasteiger partial charge in [0.2, 0.25) is 0 Å². The molecule has 0 bridgehead atoms. The van der Waals surface area contributed by atoms with Crippen LogP contribution in [0.5, 0.6) is 5.75 Å². The minimum Gasteiger partial charge on any atom is -0.496 e. The zero-order valence-corrected chi connectivity index (χ0v) is 8.90. The molecule has 2 rings (SSSR count). The van der Waals surface area contributed by atoms with Crippen LogP contribution in [-0.2, 0) is 0 Å². The van der Waals surface area contributed by atoms with Gasteiger partial charge in [-0.15, -0.1) is 0 Å². The Labute approximate surface area is 95.9 Å². The molecule has 2 aromatic rings. The normalized spacial score (nSPS) is 10.2. The van der Waals surface area contributed by atoms with Crippen LogP contribution in [0.4, 0.5) is 4.39 Å². The van der Waals surface area contributed by atoms with Crippen molar-refractivity contribution in [2.75, 3.05) is 7.11 Å². The van der Waals surface area contributed by atoms with Crippen molar-refractivity contribution in [2.45, 2.75) is 0 Å². The van der Waals surface area contributed by atoms with E-state index in [2.05, 4.69) is 9.97 Å². The molecule has 2 N–H and O–H groups in total. The Kier molecular flexibility index (Phi) is 2.78. The topological polar surface area (TPSA) is 75.2 Å². The summed E-state index contributed by atoms with van der Waals surface area (Å²) < 4.78 is 18.2. The summed E-state index contributed by atoms with van der Waals surface area (Å²) in [6.07, 6.45) is 1.24. The van der Waals surface area contributed by atoms with Gasteiger partial charge in [-0.2, -0.15) is 0 Å². The van der Waals surface area contributed by atoms with E-state index < -0.39 is 11.8 Å². The molecule has 1 aromatic carbocycles. The van der Waals surface area contributed by atoms with E-state index in [1.807, 2.05) is 0 Å². The quantitative estimate of drug-likeness (QED) is 0.853. The van der Waals surface area contributed by atoms with E-state index >= 15 is 0 Å². The van der Waals surface area contributed by atoms with E-state index in [9.17, 15) is 9.18 Å². The molecule has 0 amide bonds. The highest BCUT2D eigenvalue weighted by Gasteiger charge is 2.18. The lowest BCUT2D eigenvalue weighted by atomic mass is 10.1. The van der Waals surface area contributed by atoms with Crippen LogP contribution in [0, 0.1) is 5.82 Å². The van der Waals surface area contributed by atoms with Crippen LogP contribution in [0.15, 0.2) is 24.5 Å². The van der Waals surface area contributed by atoms with E-state index in [1.54, 1.807) is 0 Å². The number of benzene rings is 1. The first kappa shape index (κ1) is 11.1. The Morgan fingerprint density at radius 1 is 1.53 bits per heavy atom. The van der Waals surface area contributed by atoms with Crippen molar-refractivity contribution in [1.82, 2.24) is 9.97 Å². The fourth-order valence-corrected chi connectivity index (χ4v) is 1.53. The zero-order valence-electron chi connectivity index (χ0n) is 8.90. The monoisotopic (exact) mass is 236 g/mol. The Morgan fingerprint density at radius 3 is 2.94 bits per heavy atom. The summed E-state index contributed by atoms with van der Waals surface area (Å²) in [4.78, 5) is 17.3. The van der Waals surface area contributed by atoms with Crippen molar-refractivity contribution in [3.8, 4) is 17.0 Å². The van der Waals surface area contributed by atoms with Gasteiger partial charge in [-0.25, -0.2) is 14.2 Å². The Morgan fingerprint density at radius 2 is 2.29 bits per heavy atom. The first-order chi connectivity index (χ1) is 8.13. The predicted octanol–water partition coefficient (Wildman–Crippen LogP) is 1.92. The number of carbonyl (C=O) groups is 1. The number of hydrogen-bond acceptors (Lipinski definition) is 3. The van der Waals surface area contributed by atoms with Crippen LogP contribution < -0.4 is 4.74 Å². The summed E-state index contributed by atoms with van der Waals surface area (Å²) in [6.45, 7) is 0. The third kappa shape index (κ3) is 1.96. The number of nitrogens with zero attached hydrogens (tertiary/aromatic N) is 1. The standard InChI is InChI=1S/C11H9FN2O3/c1-17-8-3-2-6(12)4-7(8)9-10(11(15)16)14-5-13-9/h2-5H,1H3,(H,13,14)(H,15,16). The minimum atomic E-state index is -1.16. The van der Waals surface area contributed by atoms with Crippen molar-refractivity contribution in [3.05, 3.63) is 36.0 Å². The molecule has 0 spiro atoms. The van der Waals surface area contributed by atoms with Crippen LogP contribution in [0.3, 0.4) is 0 Å². The molecular weight excluding hydrogens is 227 g/mol. The summed E-state index contributed by atoms with van der Waals surface area (Å²) >= 11 is 0. The smallest absolute Gasteiger partial charge is 0.354 e. The Bertz CT molecular complexity index is 566. The Hall–Kier alpha value is -2.37. The lowest BCUT2D eigenvalue weighted by molar-refractivity contribution is 0.0692. The lowest BCUT2D eigenvalue weighted by Gasteiger charge is -2.06. The number of carboxylic acids is 1. The number of H-pyrrole nitrogens is 1. The summed E-state index contributed by atoms with van der Waals surface area (Å²) in [5.74, 6) is -1.29. The minimum absolute atomic E-state index is 0.103. The summed E-state index contributed by atoms with van der Waals surface area (Å²) in [5, 5.41) is 8.94. The average Bonchev–Trinajstić information content (AvgIpc) is 2.77. The van der Waals surface area contributed by atoms with Gasteiger partial charge < -0.3 is 14.8 Å². The molecule has 17 heavy (non-hydrogen) atoms. The molecule has 0 aliphatic rings. The molecule has 1 aromatic heterocycles. The van der Waals surface area contributed by atoms with Gasteiger partial charge >= 0.3 is 5.97 Å². The molecule has 0 fully saturated rings. The highest BCUT2D eigenvalue weighted by molar-refractivity contribution is 5.93. The third-order valence-corrected chi connectivity index (χ3v) is 2.27. The molecule has 0 aliphatic carbocycles. The van der Waals surface area contributed by atoms with Gasteiger partial charge in [0.05, 0.1) is 13.4 Å². The highest BCUT2D eigenvalue weighted by atomic mass is 19.1. The molecule has 1 heterocycles. The fourth-order valence-electron chi connectivity index (χ4n) is 1.53. The van der Waals surface area contributed by atoms with Crippen molar-refractivity contribution in [1.29, 1.82) is 0 Å². The number of aromatic carboxylic acids is 1. The maximum absolute atomic E-state index is 13.2. The third-order valence-electron chi connectivity index (χ3n) is 2.27. The number of aromatic nitrogens is 2. The molecule has 0 saturated carbocycles. The largest absolute Gasteiger partial charge is 0.496 e. The van der Waals surface area contributed by atoms with Crippen LogP contribution in [-0.4, -0.2) is 28.2 Å². The maximum Gasteiger partial charge on any atom is 0.354 e. The van der Waals surface area contributed by atoms with Gasteiger partial charge in [0.1, 0.15) is 17.3 Å². The first-order valence-corrected chi connectivity index (χ1v) is 4.74. The fraction of sp³-hybridized carbons (Fsp3) is 0.0909. The van der Waals surface area contributed by atoms with Gasteiger partial charge in [-0.1, -0.05) is 0 Å². The summed E-state index contributed by atoms with van der Waals surface area (Å²) in [7, 11) is 1.42. The highest BCUT2D eigenvalue weighted by Crippen LogP contribution is 2.30. The zero-order chi connectivity index (χ0) is 12.4. The molecule has 5 nitrogen and oxygen atoms in total. The summed E-state index contributed by atoms with van der Waals surface area (Å²) in [5.41, 5.74) is 0.342. The average molecular weight is 236 g/mol. The maximum atomic E-state index is 13.2. The van der Waals surface area contributed by atoms with Gasteiger partial charge in [-0.3, -0.25) is 0 Å². The SMILES string of the molecule is COc1ccc(F)cc1-c1nc[nH]c1C(=O)O. The number of aromatic amines is 1. The van der Waals surface area contributed by atoms with Crippen molar-refractivity contribution in [3.63, 3.8) is 0 Å². The van der Waals surface area contributed by atoms with Crippen LogP contribution in [0.1, 0.15) is 10.5 Å². The second kappa shape index (κ2) is 4.25. The molecule has 0 radical (unpaired) electrons. The van der Waals surface area contributed by atoms with E-state index in [-0.39, 0.29) is 11.4 Å². The molecule has 88 valence electrons.